The average Bonchev–Trinajstić information content (AvgIpc) is 3.73. The van der Waals surface area contributed by atoms with E-state index in [0.717, 1.165) is 73.1 Å². The molecule has 4 fully saturated rings. The fraction of sp³-hybridized carbons (Fsp3) is 0.579. The summed E-state index contributed by atoms with van der Waals surface area (Å²) >= 11 is 0. The minimum absolute atomic E-state index is 0.0715. The van der Waals surface area contributed by atoms with Crippen molar-refractivity contribution in [2.45, 2.75) is 95.7 Å². The zero-order chi connectivity index (χ0) is 34.2. The van der Waals surface area contributed by atoms with Gasteiger partial charge in [-0.1, -0.05) is 39.2 Å². The van der Waals surface area contributed by atoms with Crippen LogP contribution in [0, 0.1) is 5.41 Å². The summed E-state index contributed by atoms with van der Waals surface area (Å²) in [7, 11) is -0.0943. The van der Waals surface area contributed by atoms with Crippen LogP contribution < -0.4 is 9.46 Å². The van der Waals surface area contributed by atoms with Crippen LogP contribution in [0.25, 0.3) is 22.2 Å². The average molecular weight is 688 g/mol. The second kappa shape index (κ2) is 12.1. The van der Waals surface area contributed by atoms with Gasteiger partial charge in [0.05, 0.1) is 18.2 Å². The van der Waals surface area contributed by atoms with E-state index in [1.54, 1.807) is 27.0 Å². The molecule has 3 aliphatic heterocycles. The lowest BCUT2D eigenvalue weighted by Gasteiger charge is -2.40. The second-order valence-corrected chi connectivity index (χ2v) is 16.7. The molecular formula is C38H49N5O5S. The number of amides is 2. The van der Waals surface area contributed by atoms with E-state index >= 15 is 0 Å². The van der Waals surface area contributed by atoms with Gasteiger partial charge in [0, 0.05) is 72.8 Å². The molecule has 1 N–H and O–H groups in total. The predicted octanol–water partition coefficient (Wildman–Crippen LogP) is 5.47. The molecule has 11 heteroatoms. The molecule has 10 nitrogen and oxygen atoms in total. The maximum Gasteiger partial charge on any atom is 0.304 e. The summed E-state index contributed by atoms with van der Waals surface area (Å²) in [6, 6.07) is 12.8. The molecule has 2 aliphatic carbocycles. The zero-order valence-corrected chi connectivity index (χ0v) is 30.0. The molecular weight excluding hydrogens is 639 g/mol. The number of nitrogens with one attached hydrogen (secondary N) is 1. The lowest BCUT2D eigenvalue weighted by molar-refractivity contribution is -0.141. The monoisotopic (exact) mass is 687 g/mol. The Labute approximate surface area is 289 Å². The van der Waals surface area contributed by atoms with Gasteiger partial charge in [-0.25, -0.2) is 4.72 Å². The number of hydrogen-bond acceptors (Lipinski definition) is 6. The van der Waals surface area contributed by atoms with Crippen LogP contribution in [0.15, 0.2) is 36.4 Å². The number of ether oxygens (including phenoxy) is 1. The van der Waals surface area contributed by atoms with Gasteiger partial charge < -0.3 is 14.2 Å². The third-order valence-corrected chi connectivity index (χ3v) is 14.3. The molecule has 1 aromatic heterocycles. The number of carbonyl (C=O) groups is 2. The highest BCUT2D eigenvalue weighted by Gasteiger charge is 2.64. The molecule has 5 aliphatic rings. The van der Waals surface area contributed by atoms with Crippen molar-refractivity contribution in [3.8, 4) is 17.0 Å². The summed E-state index contributed by atoms with van der Waals surface area (Å²) < 4.78 is 37.7. The number of nitrogens with zero attached hydrogens (tertiary/aromatic N) is 4. The Bertz CT molecular complexity index is 1920. The fourth-order valence-corrected chi connectivity index (χ4v) is 11.0. The molecule has 4 atom stereocenters. The van der Waals surface area contributed by atoms with Crippen molar-refractivity contribution >= 4 is 32.9 Å². The van der Waals surface area contributed by atoms with Crippen molar-refractivity contribution in [2.75, 3.05) is 40.3 Å². The number of fused-ring (bicyclic) bond motifs is 9. The Balaban J connectivity index is 1.29. The Kier molecular flexibility index (Phi) is 8.11. The van der Waals surface area contributed by atoms with Gasteiger partial charge in [0.15, 0.2) is 0 Å². The van der Waals surface area contributed by atoms with Gasteiger partial charge in [0.1, 0.15) is 5.75 Å². The normalized spacial score (nSPS) is 26.6. The van der Waals surface area contributed by atoms with Crippen LogP contribution in [-0.4, -0.2) is 91.3 Å². The lowest BCUT2D eigenvalue weighted by atomic mass is 9.81. The number of likely N-dealkylation sites (N-methyl/N-ethyl adjacent to an activating group) is 1. The minimum atomic E-state index is -3.99. The Morgan fingerprint density at radius 3 is 2.37 bits per heavy atom. The highest BCUT2D eigenvalue weighted by Crippen LogP contribution is 2.66. The first-order chi connectivity index (χ1) is 23.6. The van der Waals surface area contributed by atoms with Crippen LogP contribution in [-0.2, 0) is 21.5 Å². The number of carbonyl (C=O) groups excluding carboxylic acids is 2. The molecule has 4 heterocycles. The number of hydrogen-bond donors (Lipinski definition) is 1. The van der Waals surface area contributed by atoms with E-state index in [1.165, 1.54) is 34.7 Å². The highest BCUT2D eigenvalue weighted by molar-refractivity contribution is 7.87. The fourth-order valence-electron chi connectivity index (χ4n) is 9.82. The van der Waals surface area contributed by atoms with Gasteiger partial charge in [-0.15, -0.1) is 0 Å². The molecule has 2 amide bonds. The van der Waals surface area contributed by atoms with Gasteiger partial charge in [0.2, 0.25) is 5.91 Å². The van der Waals surface area contributed by atoms with E-state index < -0.39 is 21.5 Å². The van der Waals surface area contributed by atoms with Gasteiger partial charge >= 0.3 is 10.2 Å². The van der Waals surface area contributed by atoms with E-state index in [9.17, 15) is 18.0 Å². The number of rotatable bonds is 8. The first-order valence-electron chi connectivity index (χ1n) is 18.3. The molecule has 2 saturated heterocycles. The van der Waals surface area contributed by atoms with Gasteiger partial charge in [-0.05, 0) is 86.5 Å². The van der Waals surface area contributed by atoms with Gasteiger partial charge in [0.25, 0.3) is 5.91 Å². The first kappa shape index (κ1) is 32.8. The summed E-state index contributed by atoms with van der Waals surface area (Å²) in [5, 5.41) is 1.09. The molecule has 4 unspecified atom stereocenters. The van der Waals surface area contributed by atoms with Crippen molar-refractivity contribution in [3.63, 3.8) is 0 Å². The maximum absolute atomic E-state index is 14.9. The van der Waals surface area contributed by atoms with E-state index in [-0.39, 0.29) is 24.9 Å². The van der Waals surface area contributed by atoms with Crippen LogP contribution in [0.3, 0.4) is 0 Å². The summed E-state index contributed by atoms with van der Waals surface area (Å²) in [5.41, 5.74) is 5.35. The highest BCUT2D eigenvalue weighted by atomic mass is 32.2. The standard InChI is InChI=1S/C38H49N5O5S/c1-5-42(6-2)49(46,47)39-36(44)25-12-16-30-33(18-25)43-23-38(37(45)41-21-26-13-14-27(22-41)40(26)3)20-32(38)31-19-28(48-4)15-17-29(31)35(43)34(30)24-10-8-7-9-11-24/h12,15-19,24,26-27,32H,5-11,13-14,20-23H2,1-4H3,(H,39,44). The Morgan fingerprint density at radius 2 is 1.69 bits per heavy atom. The van der Waals surface area contributed by atoms with Crippen LogP contribution >= 0.6 is 0 Å². The third-order valence-electron chi connectivity index (χ3n) is 12.6. The number of benzene rings is 2. The molecule has 0 radical (unpaired) electrons. The number of likely N-dealkylation sites (tertiary alicyclic amines) is 1. The summed E-state index contributed by atoms with van der Waals surface area (Å²) in [5.74, 6) is 0.818. The van der Waals surface area contributed by atoms with E-state index in [0.29, 0.717) is 30.1 Å². The summed E-state index contributed by atoms with van der Waals surface area (Å²) in [4.78, 5) is 33.1. The van der Waals surface area contributed by atoms with E-state index in [1.807, 2.05) is 18.2 Å². The smallest absolute Gasteiger partial charge is 0.304 e. The largest absolute Gasteiger partial charge is 0.497 e. The van der Waals surface area contributed by atoms with Crippen LogP contribution in [0.1, 0.15) is 98.5 Å². The molecule has 0 spiro atoms. The van der Waals surface area contributed by atoms with Crippen LogP contribution in [0.4, 0.5) is 0 Å². The van der Waals surface area contributed by atoms with Crippen molar-refractivity contribution in [3.05, 3.63) is 53.1 Å². The lowest BCUT2D eigenvalue weighted by Crippen LogP contribution is -2.55. The molecule has 262 valence electrons. The summed E-state index contributed by atoms with van der Waals surface area (Å²) in [6.07, 6.45) is 8.81. The minimum Gasteiger partial charge on any atom is -0.497 e. The van der Waals surface area contributed by atoms with Gasteiger partial charge in [-0.2, -0.15) is 12.7 Å². The van der Waals surface area contributed by atoms with Crippen molar-refractivity contribution < 1.29 is 22.7 Å². The predicted molar refractivity (Wildman–Crippen MR) is 190 cm³/mol. The molecule has 8 rings (SSSR count). The number of methoxy groups -OCH3 is 1. The topological polar surface area (TPSA) is 104 Å². The Hall–Kier alpha value is -3.41. The SMILES string of the molecule is CCN(CC)S(=O)(=O)NC(=O)c1ccc2c(C3CCCCC3)c3n(c2c1)CC1(C(=O)N2CC4CCC(C2)N4C)CC1c1cc(OC)ccc1-3. The quantitative estimate of drug-likeness (QED) is 0.337. The van der Waals surface area contributed by atoms with Gasteiger partial charge in [-0.3, -0.25) is 14.5 Å². The molecule has 49 heavy (non-hydrogen) atoms. The van der Waals surface area contributed by atoms with E-state index in [4.69, 9.17) is 4.74 Å². The van der Waals surface area contributed by atoms with E-state index in [2.05, 4.69) is 38.3 Å². The first-order valence-corrected chi connectivity index (χ1v) is 19.7. The van der Waals surface area contributed by atoms with Crippen LogP contribution in [0.5, 0.6) is 5.75 Å². The molecule has 3 aromatic rings. The summed E-state index contributed by atoms with van der Waals surface area (Å²) in [6.45, 7) is 6.11. The number of aromatic nitrogens is 1. The maximum atomic E-state index is 14.9. The van der Waals surface area contributed by atoms with Crippen molar-refractivity contribution in [1.29, 1.82) is 0 Å². The molecule has 2 bridgehead atoms. The zero-order valence-electron chi connectivity index (χ0n) is 29.2. The molecule has 2 saturated carbocycles. The van der Waals surface area contributed by atoms with Crippen LogP contribution in [0.2, 0.25) is 0 Å². The van der Waals surface area contributed by atoms with Crippen molar-refractivity contribution in [1.82, 2.24) is 23.4 Å². The molecule has 2 aromatic carbocycles. The Morgan fingerprint density at radius 1 is 0.980 bits per heavy atom. The number of piperazine rings is 1. The third kappa shape index (κ3) is 5.21. The second-order valence-electron chi connectivity index (χ2n) is 15.1. The van der Waals surface area contributed by atoms with Crippen molar-refractivity contribution in [2.24, 2.45) is 5.41 Å².